The van der Waals surface area contributed by atoms with Crippen LogP contribution in [-0.4, -0.2) is 91.8 Å². The lowest BCUT2D eigenvalue weighted by molar-refractivity contribution is -0.0488. The average Bonchev–Trinajstić information content (AvgIpc) is 3.10. The van der Waals surface area contributed by atoms with Gasteiger partial charge in [0.15, 0.2) is 0 Å². The first kappa shape index (κ1) is 22.2. The molecular weight excluding hydrogens is 408 g/mol. The molecule has 0 bridgehead atoms. The van der Waals surface area contributed by atoms with Crippen molar-refractivity contribution in [3.63, 3.8) is 0 Å². The second kappa shape index (κ2) is 8.18. The van der Waals surface area contributed by atoms with Gasteiger partial charge < -0.3 is 14.5 Å². The molecule has 2 aliphatic carbocycles. The molecule has 3 N–H and O–H groups in total. The van der Waals surface area contributed by atoms with Crippen LogP contribution in [0, 0.1) is 0 Å². The van der Waals surface area contributed by atoms with Crippen molar-refractivity contribution < 1.29 is 17.9 Å². The molecule has 0 radical (unpaired) electrons. The lowest BCUT2D eigenvalue weighted by atomic mass is 9.89. The second-order valence-electron chi connectivity index (χ2n) is 9.74. The van der Waals surface area contributed by atoms with E-state index in [4.69, 9.17) is 4.74 Å². The van der Waals surface area contributed by atoms with Crippen LogP contribution in [0.2, 0.25) is 0 Å². The molecule has 30 heavy (non-hydrogen) atoms. The van der Waals surface area contributed by atoms with E-state index in [2.05, 4.69) is 20.5 Å². The summed E-state index contributed by atoms with van der Waals surface area (Å²) in [6, 6.07) is -0.245. The van der Waals surface area contributed by atoms with E-state index in [0.29, 0.717) is 25.8 Å². The Hall–Kier alpha value is -0.980. The number of rotatable bonds is 8. The van der Waals surface area contributed by atoms with E-state index in [1.54, 1.807) is 4.90 Å². The van der Waals surface area contributed by atoms with Crippen LogP contribution >= 0.6 is 0 Å². The Morgan fingerprint density at radius 1 is 1.23 bits per heavy atom. The van der Waals surface area contributed by atoms with Crippen molar-refractivity contribution in [1.82, 2.24) is 30.3 Å². The van der Waals surface area contributed by atoms with E-state index < -0.39 is 21.6 Å². The van der Waals surface area contributed by atoms with Gasteiger partial charge in [-0.3, -0.25) is 4.90 Å². The van der Waals surface area contributed by atoms with Crippen LogP contribution in [0.15, 0.2) is 0 Å². The summed E-state index contributed by atoms with van der Waals surface area (Å²) in [4.78, 5) is 19.1. The molecule has 4 aliphatic rings. The standard InChI is InChI=1S/C19H36N6O4S/c1-13-20-21-17(29-13)25-16-12-14(30(27,28)22-19(2)8-9-19)6-7-15(16)24(18(25)26)11-5-10-23(3)4/h13-17,20-22H,5-12H2,1-4H3. The molecule has 2 aliphatic heterocycles. The molecule has 2 amide bonds. The van der Waals surface area contributed by atoms with Crippen LogP contribution in [0.25, 0.3) is 0 Å². The van der Waals surface area contributed by atoms with Crippen LogP contribution in [0.3, 0.4) is 0 Å². The van der Waals surface area contributed by atoms with E-state index in [1.807, 2.05) is 32.8 Å². The van der Waals surface area contributed by atoms with Gasteiger partial charge in [0.1, 0.15) is 6.23 Å². The Bertz CT molecular complexity index is 758. The first-order chi connectivity index (χ1) is 14.1. The van der Waals surface area contributed by atoms with Crippen molar-refractivity contribution >= 4 is 16.1 Å². The third-order valence-electron chi connectivity index (χ3n) is 6.78. The molecule has 0 spiro atoms. The zero-order chi connectivity index (χ0) is 21.7. The number of sulfonamides is 1. The largest absolute Gasteiger partial charge is 0.324 e. The number of hydrogen-bond donors (Lipinski definition) is 3. The lowest BCUT2D eigenvalue weighted by Crippen LogP contribution is -2.54. The number of carbonyl (C=O) groups excluding carboxylic acids is 1. The molecule has 0 aromatic heterocycles. The zero-order valence-electron chi connectivity index (χ0n) is 18.4. The van der Waals surface area contributed by atoms with Crippen molar-refractivity contribution in [1.29, 1.82) is 0 Å². The summed E-state index contributed by atoms with van der Waals surface area (Å²) < 4.78 is 34.8. The predicted octanol–water partition coefficient (Wildman–Crippen LogP) is 0.191. The highest BCUT2D eigenvalue weighted by Crippen LogP contribution is 2.40. The predicted molar refractivity (Wildman–Crippen MR) is 113 cm³/mol. The van der Waals surface area contributed by atoms with E-state index in [1.165, 1.54) is 0 Å². The maximum Gasteiger partial charge on any atom is 0.323 e. The van der Waals surface area contributed by atoms with Gasteiger partial charge in [0.05, 0.1) is 17.3 Å². The van der Waals surface area contributed by atoms with Crippen LogP contribution in [0.5, 0.6) is 0 Å². The number of nitrogens with one attached hydrogen (secondary N) is 3. The van der Waals surface area contributed by atoms with Crippen molar-refractivity contribution in [3.8, 4) is 0 Å². The molecule has 0 aromatic rings. The molecule has 11 heteroatoms. The Morgan fingerprint density at radius 2 is 1.97 bits per heavy atom. The highest BCUT2D eigenvalue weighted by Gasteiger charge is 2.54. The minimum absolute atomic E-state index is 0.0175. The third-order valence-corrected chi connectivity index (χ3v) is 8.87. The first-order valence-electron chi connectivity index (χ1n) is 11.0. The number of nitrogens with zero attached hydrogens (tertiary/aromatic N) is 3. The molecule has 0 aromatic carbocycles. The zero-order valence-corrected chi connectivity index (χ0v) is 19.2. The van der Waals surface area contributed by atoms with Gasteiger partial charge >= 0.3 is 6.03 Å². The van der Waals surface area contributed by atoms with Crippen molar-refractivity contribution in [2.45, 2.75) is 87.8 Å². The number of amides is 2. The van der Waals surface area contributed by atoms with Gasteiger partial charge in [0.25, 0.3) is 0 Å². The average molecular weight is 445 g/mol. The van der Waals surface area contributed by atoms with Crippen molar-refractivity contribution in [2.75, 3.05) is 27.2 Å². The highest BCUT2D eigenvalue weighted by molar-refractivity contribution is 7.90. The van der Waals surface area contributed by atoms with Gasteiger partial charge in [-0.2, -0.15) is 0 Å². The van der Waals surface area contributed by atoms with Crippen molar-refractivity contribution in [3.05, 3.63) is 0 Å². The normalized spacial score (nSPS) is 35.9. The number of carbonyl (C=O) groups is 1. The van der Waals surface area contributed by atoms with Crippen LogP contribution in [0.1, 0.15) is 52.4 Å². The maximum absolute atomic E-state index is 13.4. The number of hydrazine groups is 1. The molecule has 5 atom stereocenters. The molecule has 2 saturated heterocycles. The fourth-order valence-corrected chi connectivity index (χ4v) is 6.82. The summed E-state index contributed by atoms with van der Waals surface area (Å²) in [5, 5.41) is -0.486. The quantitative estimate of drug-likeness (QED) is 0.491. The number of hydrogen-bond acceptors (Lipinski definition) is 7. The van der Waals surface area contributed by atoms with Crippen molar-refractivity contribution in [2.24, 2.45) is 0 Å². The highest BCUT2D eigenvalue weighted by atomic mass is 32.2. The minimum Gasteiger partial charge on any atom is -0.324 e. The molecule has 2 heterocycles. The first-order valence-corrected chi connectivity index (χ1v) is 12.6. The number of ether oxygens (including phenoxy) is 1. The van der Waals surface area contributed by atoms with E-state index in [-0.39, 0.29) is 29.9 Å². The van der Waals surface area contributed by atoms with E-state index in [0.717, 1.165) is 25.8 Å². The number of urea groups is 1. The van der Waals surface area contributed by atoms with Crippen LogP contribution in [0.4, 0.5) is 4.79 Å². The SMILES string of the molecule is CC1NNC(N2C(=O)N(CCCN(C)C)C3CCC(S(=O)(=O)NC4(C)CC4)CC32)O1. The summed E-state index contributed by atoms with van der Waals surface area (Å²) >= 11 is 0. The second-order valence-corrected chi connectivity index (χ2v) is 11.7. The van der Waals surface area contributed by atoms with Gasteiger partial charge in [-0.15, -0.1) is 0 Å². The molecule has 4 fully saturated rings. The summed E-state index contributed by atoms with van der Waals surface area (Å²) in [5.74, 6) is 0. The molecule has 172 valence electrons. The summed E-state index contributed by atoms with van der Waals surface area (Å²) in [7, 11) is 0.615. The lowest BCUT2D eigenvalue weighted by Gasteiger charge is -2.37. The summed E-state index contributed by atoms with van der Waals surface area (Å²) in [6.07, 6.45) is 3.54. The monoisotopic (exact) mass is 444 g/mol. The Balaban J connectivity index is 1.51. The molecule has 4 rings (SSSR count). The fourth-order valence-electron chi connectivity index (χ4n) is 4.86. The molecule has 5 unspecified atom stereocenters. The smallest absolute Gasteiger partial charge is 0.323 e. The minimum atomic E-state index is -3.43. The molecule has 2 saturated carbocycles. The fraction of sp³-hybridized carbons (Fsp3) is 0.947. The summed E-state index contributed by atoms with van der Waals surface area (Å²) in [5.41, 5.74) is 5.75. The topological polar surface area (TPSA) is 106 Å². The van der Waals surface area contributed by atoms with Gasteiger partial charge in [-0.1, -0.05) is 0 Å². The van der Waals surface area contributed by atoms with Gasteiger partial charge in [0.2, 0.25) is 16.4 Å². The van der Waals surface area contributed by atoms with Gasteiger partial charge in [-0.25, -0.2) is 28.8 Å². The Kier molecular flexibility index (Phi) is 6.06. The third kappa shape index (κ3) is 4.46. The van der Waals surface area contributed by atoms with Crippen LogP contribution in [-0.2, 0) is 14.8 Å². The van der Waals surface area contributed by atoms with E-state index in [9.17, 15) is 13.2 Å². The van der Waals surface area contributed by atoms with Gasteiger partial charge in [-0.05, 0) is 73.0 Å². The van der Waals surface area contributed by atoms with Crippen LogP contribution < -0.4 is 15.6 Å². The Morgan fingerprint density at radius 3 is 2.57 bits per heavy atom. The number of fused-ring (bicyclic) bond motifs is 1. The maximum atomic E-state index is 13.4. The summed E-state index contributed by atoms with van der Waals surface area (Å²) in [6.45, 7) is 5.39. The molecule has 10 nitrogen and oxygen atoms in total. The van der Waals surface area contributed by atoms with Gasteiger partial charge in [0, 0.05) is 12.1 Å². The van der Waals surface area contributed by atoms with E-state index >= 15 is 0 Å². The Labute approximate surface area is 179 Å². The molecular formula is C19H36N6O4S.